The van der Waals surface area contributed by atoms with Crippen LogP contribution in [0.15, 0.2) is 54.6 Å². The molecule has 6 rings (SSSR count). The Morgan fingerprint density at radius 1 is 0.741 bits per heavy atom. The molecule has 1 aromatic carbocycles. The summed E-state index contributed by atoms with van der Waals surface area (Å²) in [5, 5.41) is 13.4. The normalized spacial score (nSPS) is 24.9. The van der Waals surface area contributed by atoms with Gasteiger partial charge in [-0.25, -0.2) is 18.8 Å². The number of likely N-dealkylation sites (tertiary alicyclic amines) is 3. The first-order chi connectivity index (χ1) is 25.6. The molecule has 12 heteroatoms. The van der Waals surface area contributed by atoms with Crippen LogP contribution in [0.5, 0.6) is 0 Å². The van der Waals surface area contributed by atoms with Crippen LogP contribution in [0.3, 0.4) is 0 Å². The van der Waals surface area contributed by atoms with Crippen LogP contribution in [0.2, 0.25) is 0 Å². The molecule has 0 radical (unpaired) electrons. The van der Waals surface area contributed by atoms with Gasteiger partial charge < -0.3 is 39.3 Å². The lowest BCUT2D eigenvalue weighted by molar-refractivity contribution is 0.0115. The standard InChI is InChI=1S/C22H32N2O5.C14H25FN2O2.C6H8/c1-22(2,3)29-21(27)24-14-18(25)13-19(24)17-9-11-23(12-10-17)20(26)28-15-16-7-5-4-6-8-16;1-14(2,3)19-13(18)17-9-11(15)8-12(17)10-4-6-16-7-5-10;1-2-4-6-5-3-1/h4-8,17-19,25H,9-15H2,1-3H3;10-12,16H,4-9H2,1-3H3;1-2,5-6H,3-4H2/t18-,19+;11-,12-;/m10./s1. The summed E-state index contributed by atoms with van der Waals surface area (Å²) >= 11 is 0. The van der Waals surface area contributed by atoms with E-state index in [0.29, 0.717) is 38.4 Å². The number of hydrogen-bond acceptors (Lipinski definition) is 8. The van der Waals surface area contributed by atoms with Crippen LogP contribution in [-0.2, 0) is 20.8 Å². The molecule has 4 atom stereocenters. The highest BCUT2D eigenvalue weighted by molar-refractivity contribution is 5.70. The van der Waals surface area contributed by atoms with E-state index in [0.717, 1.165) is 57.2 Å². The lowest BCUT2D eigenvalue weighted by Gasteiger charge is -2.37. The molecule has 0 bridgehead atoms. The molecule has 302 valence electrons. The summed E-state index contributed by atoms with van der Waals surface area (Å²) in [7, 11) is 0. The zero-order valence-corrected chi connectivity index (χ0v) is 33.4. The molecule has 4 aliphatic heterocycles. The Morgan fingerprint density at radius 2 is 1.24 bits per heavy atom. The van der Waals surface area contributed by atoms with Crippen LogP contribution in [0.1, 0.15) is 98.5 Å². The van der Waals surface area contributed by atoms with Gasteiger partial charge in [0.05, 0.1) is 19.2 Å². The molecule has 3 amide bonds. The number of ether oxygens (including phenoxy) is 3. The zero-order chi connectivity index (χ0) is 39.3. The van der Waals surface area contributed by atoms with Gasteiger partial charge in [0.2, 0.25) is 0 Å². The fourth-order valence-electron chi connectivity index (χ4n) is 7.66. The predicted molar refractivity (Wildman–Crippen MR) is 208 cm³/mol. The van der Waals surface area contributed by atoms with Crippen molar-refractivity contribution in [1.82, 2.24) is 20.0 Å². The minimum atomic E-state index is -0.910. The first-order valence-corrected chi connectivity index (χ1v) is 19.9. The van der Waals surface area contributed by atoms with Crippen molar-refractivity contribution in [2.45, 2.75) is 135 Å². The van der Waals surface area contributed by atoms with Gasteiger partial charge >= 0.3 is 18.3 Å². The molecule has 54 heavy (non-hydrogen) atoms. The number of β-amino-alcohol motifs (C(OH)–C–C–N with tert-alkyl or cyclic N) is 1. The number of aliphatic hydroxyl groups excluding tert-OH is 1. The molecule has 4 fully saturated rings. The summed E-state index contributed by atoms with van der Waals surface area (Å²) in [5.41, 5.74) is -0.130. The lowest BCUT2D eigenvalue weighted by Crippen LogP contribution is -2.47. The summed E-state index contributed by atoms with van der Waals surface area (Å²) in [4.78, 5) is 42.1. The maximum Gasteiger partial charge on any atom is 0.410 e. The van der Waals surface area contributed by atoms with Crippen LogP contribution in [0, 0.1) is 11.8 Å². The van der Waals surface area contributed by atoms with E-state index in [9.17, 15) is 23.9 Å². The molecule has 4 saturated heterocycles. The van der Waals surface area contributed by atoms with E-state index >= 15 is 0 Å². The minimum Gasteiger partial charge on any atom is -0.445 e. The smallest absolute Gasteiger partial charge is 0.410 e. The number of piperidine rings is 2. The Bertz CT molecular complexity index is 1360. The van der Waals surface area contributed by atoms with E-state index in [-0.39, 0.29) is 49.4 Å². The Balaban J connectivity index is 0.000000221. The van der Waals surface area contributed by atoms with E-state index in [1.807, 2.05) is 71.9 Å². The molecule has 0 aromatic heterocycles. The number of hydrogen-bond donors (Lipinski definition) is 2. The number of nitrogens with zero attached hydrogens (tertiary/aromatic N) is 3. The van der Waals surface area contributed by atoms with Crippen LogP contribution >= 0.6 is 0 Å². The zero-order valence-electron chi connectivity index (χ0n) is 33.4. The van der Waals surface area contributed by atoms with Crippen LogP contribution < -0.4 is 5.32 Å². The average Bonchev–Trinajstić information content (AvgIpc) is 3.74. The average molecular weight is 757 g/mol. The molecule has 1 aliphatic carbocycles. The predicted octanol–water partition coefficient (Wildman–Crippen LogP) is 7.63. The fraction of sp³-hybridized carbons (Fsp3) is 0.690. The Labute approximate surface area is 322 Å². The molecule has 4 heterocycles. The molecule has 0 unspecified atom stereocenters. The molecule has 0 saturated carbocycles. The number of carbonyl (C=O) groups is 3. The first kappa shape index (κ1) is 43.1. The third-order valence-corrected chi connectivity index (χ3v) is 10.2. The highest BCUT2D eigenvalue weighted by Gasteiger charge is 2.43. The number of rotatable bonds is 4. The molecule has 0 spiro atoms. The van der Waals surface area contributed by atoms with Crippen LogP contribution in [-0.4, -0.2) is 113 Å². The highest BCUT2D eigenvalue weighted by atomic mass is 19.1. The van der Waals surface area contributed by atoms with Gasteiger partial charge in [-0.1, -0.05) is 54.6 Å². The molecule has 2 N–H and O–H groups in total. The summed E-state index contributed by atoms with van der Waals surface area (Å²) in [6, 6.07) is 9.57. The van der Waals surface area contributed by atoms with Gasteiger partial charge in [-0.2, -0.15) is 0 Å². The van der Waals surface area contributed by atoms with E-state index < -0.39 is 23.5 Å². The topological polar surface area (TPSA) is 121 Å². The quantitative estimate of drug-likeness (QED) is 0.238. The Morgan fingerprint density at radius 3 is 1.76 bits per heavy atom. The van der Waals surface area contributed by atoms with Gasteiger partial charge in [0.15, 0.2) is 0 Å². The third-order valence-electron chi connectivity index (χ3n) is 10.2. The number of amides is 3. The van der Waals surface area contributed by atoms with Crippen molar-refractivity contribution >= 4 is 18.3 Å². The van der Waals surface area contributed by atoms with Gasteiger partial charge in [-0.15, -0.1) is 0 Å². The number of benzene rings is 1. The van der Waals surface area contributed by atoms with Crippen molar-refractivity contribution in [3.8, 4) is 0 Å². The summed E-state index contributed by atoms with van der Waals surface area (Å²) in [5.74, 6) is 0.632. The van der Waals surface area contributed by atoms with Gasteiger partial charge in [0.1, 0.15) is 24.0 Å². The maximum absolute atomic E-state index is 13.7. The molecular weight excluding hydrogens is 691 g/mol. The van der Waals surface area contributed by atoms with E-state index in [1.165, 1.54) is 0 Å². The number of aliphatic hydroxyl groups is 1. The van der Waals surface area contributed by atoms with Crippen LogP contribution in [0.4, 0.5) is 18.8 Å². The van der Waals surface area contributed by atoms with Gasteiger partial charge in [-0.05, 0) is 117 Å². The van der Waals surface area contributed by atoms with E-state index in [1.54, 1.807) is 14.7 Å². The molecule has 1 aromatic rings. The number of alkyl halides is 1. The fourth-order valence-corrected chi connectivity index (χ4v) is 7.66. The van der Waals surface area contributed by atoms with Crippen LogP contribution in [0.25, 0.3) is 0 Å². The molecule has 5 aliphatic rings. The highest BCUT2D eigenvalue weighted by Crippen LogP contribution is 2.34. The van der Waals surface area contributed by atoms with Crippen molar-refractivity contribution in [3.05, 3.63) is 60.2 Å². The monoisotopic (exact) mass is 756 g/mol. The third kappa shape index (κ3) is 14.2. The van der Waals surface area contributed by atoms with Gasteiger partial charge in [0.25, 0.3) is 0 Å². The summed E-state index contributed by atoms with van der Waals surface area (Å²) in [6.45, 7) is 14.9. The van der Waals surface area contributed by atoms with Crippen molar-refractivity contribution in [2.75, 3.05) is 39.3 Å². The number of nitrogens with one attached hydrogen (secondary N) is 1. The number of halogens is 1. The van der Waals surface area contributed by atoms with Crippen molar-refractivity contribution in [3.63, 3.8) is 0 Å². The lowest BCUT2D eigenvalue weighted by atomic mass is 9.88. The minimum absolute atomic E-state index is 0.00644. The maximum atomic E-state index is 13.7. The second kappa shape index (κ2) is 20.3. The molecular formula is C42H65FN4O7. The van der Waals surface area contributed by atoms with Crippen molar-refractivity contribution < 1.29 is 38.1 Å². The first-order valence-electron chi connectivity index (χ1n) is 19.9. The van der Waals surface area contributed by atoms with Crippen molar-refractivity contribution in [1.29, 1.82) is 0 Å². The number of carbonyl (C=O) groups excluding carboxylic acids is 3. The summed E-state index contributed by atoms with van der Waals surface area (Å²) < 4.78 is 30.0. The largest absolute Gasteiger partial charge is 0.445 e. The summed E-state index contributed by atoms with van der Waals surface area (Å²) in [6.07, 6.45) is 13.1. The second-order valence-corrected chi connectivity index (χ2v) is 17.0. The Kier molecular flexibility index (Phi) is 16.2. The van der Waals surface area contributed by atoms with Crippen molar-refractivity contribution in [2.24, 2.45) is 11.8 Å². The number of allylic oxidation sites excluding steroid dienone is 4. The molecule has 11 nitrogen and oxygen atoms in total. The van der Waals surface area contributed by atoms with Gasteiger partial charge in [0, 0.05) is 31.6 Å². The Hall–Kier alpha value is -3.64. The van der Waals surface area contributed by atoms with E-state index in [4.69, 9.17) is 14.2 Å². The van der Waals surface area contributed by atoms with Gasteiger partial charge in [-0.3, -0.25) is 0 Å². The van der Waals surface area contributed by atoms with E-state index in [2.05, 4.69) is 29.6 Å². The second-order valence-electron chi connectivity index (χ2n) is 17.0. The SMILES string of the molecule is C1=CCC=CC1.CC(C)(C)OC(=O)N1C[C@@H](F)C[C@H]1C1CCNCC1.CC(C)(C)OC(=O)N1C[C@H](O)C[C@H]1C1CCN(C(=O)OCc2ccccc2)CC1.